The van der Waals surface area contributed by atoms with Crippen LogP contribution in [0, 0.1) is 0 Å². The molecule has 2 saturated heterocycles. The average Bonchev–Trinajstić information content (AvgIpc) is 3.33. The minimum absolute atomic E-state index is 0. The number of H-pyrrole nitrogens is 1. The number of aromatic amines is 1. The number of piperidine rings is 1. The Kier molecular flexibility index (Phi) is 7.36. The van der Waals surface area contributed by atoms with Crippen LogP contribution in [0.15, 0.2) is 30.3 Å². The number of alkyl halides is 3. The van der Waals surface area contributed by atoms with Gasteiger partial charge in [0.25, 0.3) is 0 Å². The second-order valence-electron chi connectivity index (χ2n) is 9.75. The van der Waals surface area contributed by atoms with Crippen LogP contribution in [0.3, 0.4) is 0 Å². The van der Waals surface area contributed by atoms with Crippen LogP contribution in [-0.2, 0) is 16.5 Å². The number of amides is 2. The molecule has 2 atom stereocenters. The number of urea groups is 1. The summed E-state index contributed by atoms with van der Waals surface area (Å²) in [6, 6.07) is 7.27. The number of morpholine rings is 1. The number of benzene rings is 1. The number of nitrogens with one attached hydrogen (secondary N) is 1. The number of halogens is 4. The van der Waals surface area contributed by atoms with Gasteiger partial charge in [0.2, 0.25) is 0 Å². The maximum atomic E-state index is 13.3. The Balaban J connectivity index is 0.00000289. The van der Waals surface area contributed by atoms with Crippen LogP contribution in [0.1, 0.15) is 60.0 Å². The Labute approximate surface area is 208 Å². The van der Waals surface area contributed by atoms with Crippen LogP contribution in [0.4, 0.5) is 18.0 Å². The fraction of sp³-hybridized carbons (Fsp3) is 0.583. The standard InChI is InChI=1S/C24H30F3N5O2.ClH/c25-24(26,27)19-4-2-16(3-5-19)17-12-18(20-13-21(30-29-20)23(28)6-1-7-23)15-32(14-17)22(33)31-8-10-34-11-9-31;/h2-5,13,17-18H,1,6-12,14-15,28H2,(H,29,30);1H. The predicted octanol–water partition coefficient (Wildman–Crippen LogP) is 4.21. The summed E-state index contributed by atoms with van der Waals surface area (Å²) in [5, 5.41) is 7.62. The van der Waals surface area contributed by atoms with Gasteiger partial charge in [-0.15, -0.1) is 12.4 Å². The van der Waals surface area contributed by atoms with Crippen LogP contribution < -0.4 is 5.73 Å². The van der Waals surface area contributed by atoms with E-state index in [0.29, 0.717) is 45.8 Å². The molecule has 3 aliphatic rings. The van der Waals surface area contributed by atoms with Crippen molar-refractivity contribution in [2.24, 2.45) is 5.73 Å². The summed E-state index contributed by atoms with van der Waals surface area (Å²) in [5.41, 5.74) is 7.95. The molecule has 192 valence electrons. The third kappa shape index (κ3) is 5.29. The van der Waals surface area contributed by atoms with Crippen molar-refractivity contribution in [1.29, 1.82) is 0 Å². The highest BCUT2D eigenvalue weighted by Gasteiger charge is 2.39. The van der Waals surface area contributed by atoms with Crippen molar-refractivity contribution in [1.82, 2.24) is 20.0 Å². The molecule has 3 heterocycles. The summed E-state index contributed by atoms with van der Waals surface area (Å²) >= 11 is 0. The zero-order valence-electron chi connectivity index (χ0n) is 19.4. The Morgan fingerprint density at radius 1 is 1.09 bits per heavy atom. The maximum absolute atomic E-state index is 13.3. The molecule has 1 aliphatic carbocycles. The summed E-state index contributed by atoms with van der Waals surface area (Å²) in [5.74, 6) is -0.107. The number of hydrogen-bond acceptors (Lipinski definition) is 4. The molecule has 1 aromatic carbocycles. The van der Waals surface area contributed by atoms with Gasteiger partial charge in [0, 0.05) is 43.7 Å². The first-order valence-electron chi connectivity index (χ1n) is 11.9. The minimum Gasteiger partial charge on any atom is -0.378 e. The van der Waals surface area contributed by atoms with Crippen molar-refractivity contribution in [3.63, 3.8) is 0 Å². The number of likely N-dealkylation sites (tertiary alicyclic amines) is 1. The zero-order valence-corrected chi connectivity index (χ0v) is 20.2. The van der Waals surface area contributed by atoms with E-state index in [1.165, 1.54) is 12.1 Å². The van der Waals surface area contributed by atoms with Gasteiger partial charge in [0.15, 0.2) is 0 Å². The highest BCUT2D eigenvalue weighted by Crippen LogP contribution is 2.41. The molecule has 2 amide bonds. The lowest BCUT2D eigenvalue weighted by atomic mass is 9.75. The zero-order chi connectivity index (χ0) is 23.9. The summed E-state index contributed by atoms with van der Waals surface area (Å²) in [6.45, 7) is 3.07. The number of aromatic nitrogens is 2. The van der Waals surface area contributed by atoms with E-state index in [4.69, 9.17) is 10.5 Å². The molecule has 3 N–H and O–H groups in total. The van der Waals surface area contributed by atoms with E-state index in [9.17, 15) is 18.0 Å². The van der Waals surface area contributed by atoms with E-state index in [1.807, 2.05) is 11.0 Å². The third-order valence-corrected chi connectivity index (χ3v) is 7.51. The van der Waals surface area contributed by atoms with E-state index in [1.54, 1.807) is 4.90 Å². The van der Waals surface area contributed by atoms with E-state index in [-0.39, 0.29) is 35.8 Å². The molecular formula is C24H31ClF3N5O2. The summed E-state index contributed by atoms with van der Waals surface area (Å²) < 4.78 is 44.6. The van der Waals surface area contributed by atoms with Crippen LogP contribution in [0.2, 0.25) is 0 Å². The topological polar surface area (TPSA) is 87.5 Å². The Hall–Kier alpha value is -2.30. The molecule has 0 radical (unpaired) electrons. The molecular weight excluding hydrogens is 483 g/mol. The van der Waals surface area contributed by atoms with Crippen molar-refractivity contribution < 1.29 is 22.7 Å². The number of rotatable bonds is 3. The molecule has 1 saturated carbocycles. The van der Waals surface area contributed by atoms with Gasteiger partial charge in [-0.1, -0.05) is 12.1 Å². The van der Waals surface area contributed by atoms with Crippen molar-refractivity contribution in [2.45, 2.75) is 49.2 Å². The predicted molar refractivity (Wildman–Crippen MR) is 126 cm³/mol. The lowest BCUT2D eigenvalue weighted by Gasteiger charge is -2.41. The largest absolute Gasteiger partial charge is 0.416 e. The molecule has 35 heavy (non-hydrogen) atoms. The third-order valence-electron chi connectivity index (χ3n) is 7.51. The normalized spacial score (nSPS) is 24.5. The molecule has 0 bridgehead atoms. The monoisotopic (exact) mass is 513 g/mol. The smallest absolute Gasteiger partial charge is 0.378 e. The summed E-state index contributed by atoms with van der Waals surface area (Å²) in [7, 11) is 0. The molecule has 0 spiro atoms. The van der Waals surface area contributed by atoms with Crippen molar-refractivity contribution in [3.05, 3.63) is 52.8 Å². The first-order valence-corrected chi connectivity index (χ1v) is 11.9. The first kappa shape index (κ1) is 25.8. The van der Waals surface area contributed by atoms with Crippen molar-refractivity contribution in [3.8, 4) is 0 Å². The molecule has 11 heteroatoms. The van der Waals surface area contributed by atoms with Crippen LogP contribution in [0.5, 0.6) is 0 Å². The quantitative estimate of drug-likeness (QED) is 0.643. The van der Waals surface area contributed by atoms with Crippen LogP contribution >= 0.6 is 12.4 Å². The highest BCUT2D eigenvalue weighted by atomic mass is 35.5. The summed E-state index contributed by atoms with van der Waals surface area (Å²) in [4.78, 5) is 16.9. The Morgan fingerprint density at radius 3 is 2.34 bits per heavy atom. The fourth-order valence-corrected chi connectivity index (χ4v) is 5.24. The van der Waals surface area contributed by atoms with Crippen LogP contribution in [0.25, 0.3) is 0 Å². The molecule has 2 aromatic rings. The molecule has 2 aliphatic heterocycles. The fourth-order valence-electron chi connectivity index (χ4n) is 5.24. The summed E-state index contributed by atoms with van der Waals surface area (Å²) in [6.07, 6.45) is -0.787. The van der Waals surface area contributed by atoms with E-state index in [2.05, 4.69) is 10.2 Å². The molecule has 5 rings (SSSR count). The van der Waals surface area contributed by atoms with Gasteiger partial charge in [-0.05, 0) is 49.4 Å². The Morgan fingerprint density at radius 2 is 1.74 bits per heavy atom. The van der Waals surface area contributed by atoms with Crippen LogP contribution in [-0.4, -0.2) is 65.4 Å². The van der Waals surface area contributed by atoms with Gasteiger partial charge in [0.1, 0.15) is 0 Å². The highest BCUT2D eigenvalue weighted by molar-refractivity contribution is 5.85. The number of ether oxygens (including phenoxy) is 1. The SMILES string of the molecule is Cl.NC1(c2cc(C3CC(c4ccc(C(F)(F)F)cc4)CN(C(=O)N4CCOCC4)C3)[nH]n2)CCC1. The molecule has 1 aromatic heterocycles. The number of carbonyl (C=O) groups excluding carboxylic acids is 1. The lowest BCUT2D eigenvalue weighted by molar-refractivity contribution is -0.137. The van der Waals surface area contributed by atoms with Crippen molar-refractivity contribution >= 4 is 18.4 Å². The van der Waals surface area contributed by atoms with E-state index in [0.717, 1.165) is 48.3 Å². The number of hydrogen-bond donors (Lipinski definition) is 2. The lowest BCUT2D eigenvalue weighted by Crippen LogP contribution is -2.52. The second kappa shape index (κ2) is 9.99. The van der Waals surface area contributed by atoms with Gasteiger partial charge >= 0.3 is 12.2 Å². The first-order chi connectivity index (χ1) is 16.2. The number of nitrogens with zero attached hydrogens (tertiary/aromatic N) is 3. The average molecular weight is 514 g/mol. The van der Waals surface area contributed by atoms with E-state index < -0.39 is 11.7 Å². The maximum Gasteiger partial charge on any atom is 0.416 e. The molecule has 3 fully saturated rings. The van der Waals surface area contributed by atoms with Crippen molar-refractivity contribution in [2.75, 3.05) is 39.4 Å². The Bertz CT molecular complexity index is 1020. The second-order valence-corrected chi connectivity index (χ2v) is 9.75. The van der Waals surface area contributed by atoms with Gasteiger partial charge in [-0.25, -0.2) is 4.79 Å². The van der Waals surface area contributed by atoms with E-state index >= 15 is 0 Å². The van der Waals surface area contributed by atoms with Gasteiger partial charge < -0.3 is 20.3 Å². The number of carbonyl (C=O) groups is 1. The van der Waals surface area contributed by atoms with Gasteiger partial charge in [-0.3, -0.25) is 5.10 Å². The molecule has 7 nitrogen and oxygen atoms in total. The number of nitrogens with two attached hydrogens (primary N) is 1. The van der Waals surface area contributed by atoms with Gasteiger partial charge in [0.05, 0.1) is 30.0 Å². The minimum atomic E-state index is -4.38. The molecule has 2 unspecified atom stereocenters. The van der Waals surface area contributed by atoms with Gasteiger partial charge in [-0.2, -0.15) is 18.3 Å².